The molecule has 114 valence electrons. The second kappa shape index (κ2) is 6.01. The van der Waals surface area contributed by atoms with Gasteiger partial charge in [-0.1, -0.05) is 6.07 Å². The molecule has 22 heavy (non-hydrogen) atoms. The van der Waals surface area contributed by atoms with Crippen LogP contribution in [0.5, 0.6) is 0 Å². The minimum atomic E-state index is -0.0822. The van der Waals surface area contributed by atoms with Crippen LogP contribution in [0.2, 0.25) is 0 Å². The Morgan fingerprint density at radius 2 is 2.18 bits per heavy atom. The summed E-state index contributed by atoms with van der Waals surface area (Å²) in [6, 6.07) is 3.92. The number of rotatable bonds is 5. The highest BCUT2D eigenvalue weighted by molar-refractivity contribution is 5.94. The third-order valence-corrected chi connectivity index (χ3v) is 3.67. The van der Waals surface area contributed by atoms with E-state index in [1.165, 1.54) is 0 Å². The molecule has 0 saturated carbocycles. The number of hydrogen-bond acceptors (Lipinski definition) is 3. The number of nitrogens with one attached hydrogen (secondary N) is 1. The summed E-state index contributed by atoms with van der Waals surface area (Å²) in [7, 11) is 0. The number of amides is 1. The monoisotopic (exact) mass is 297 g/mol. The molecule has 0 aromatic carbocycles. The average molecular weight is 297 g/mol. The molecule has 6 nitrogen and oxygen atoms in total. The summed E-state index contributed by atoms with van der Waals surface area (Å²) in [6.07, 6.45) is 8.18. The molecule has 3 aromatic heterocycles. The molecule has 0 bridgehead atoms. The third-order valence-electron chi connectivity index (χ3n) is 3.67. The molecule has 0 saturated heterocycles. The Labute approximate surface area is 128 Å². The zero-order valence-electron chi connectivity index (χ0n) is 12.8. The number of carbonyl (C=O) groups excluding carboxylic acids is 1. The summed E-state index contributed by atoms with van der Waals surface area (Å²) in [4.78, 5) is 20.9. The van der Waals surface area contributed by atoms with E-state index in [0.29, 0.717) is 12.2 Å². The van der Waals surface area contributed by atoms with Crippen LogP contribution in [-0.4, -0.2) is 31.4 Å². The Bertz CT molecular complexity index is 788. The Kier molecular flexibility index (Phi) is 3.91. The maximum absolute atomic E-state index is 12.4. The van der Waals surface area contributed by atoms with E-state index in [9.17, 15) is 4.79 Å². The number of aromatic nitrogens is 4. The summed E-state index contributed by atoms with van der Waals surface area (Å²) in [6.45, 7) is 5.32. The van der Waals surface area contributed by atoms with Gasteiger partial charge in [-0.15, -0.1) is 0 Å². The molecule has 3 aromatic rings. The normalized spacial score (nSPS) is 11.0. The van der Waals surface area contributed by atoms with Crippen LogP contribution < -0.4 is 5.32 Å². The third kappa shape index (κ3) is 2.72. The van der Waals surface area contributed by atoms with Crippen LogP contribution in [0, 0.1) is 13.8 Å². The van der Waals surface area contributed by atoms with Crippen molar-refractivity contribution in [3.8, 4) is 0 Å². The number of carbonyl (C=O) groups is 1. The first-order chi connectivity index (χ1) is 10.7. The van der Waals surface area contributed by atoms with E-state index in [4.69, 9.17) is 0 Å². The maximum atomic E-state index is 12.4. The predicted molar refractivity (Wildman–Crippen MR) is 83.8 cm³/mol. The van der Waals surface area contributed by atoms with Crippen molar-refractivity contribution in [3.63, 3.8) is 0 Å². The molecular weight excluding hydrogens is 278 g/mol. The first-order valence-corrected chi connectivity index (χ1v) is 7.35. The van der Waals surface area contributed by atoms with Gasteiger partial charge in [0.25, 0.3) is 5.91 Å². The minimum Gasteiger partial charge on any atom is -0.351 e. The van der Waals surface area contributed by atoms with Crippen LogP contribution in [0.4, 0.5) is 0 Å². The number of aryl methyl sites for hydroxylation is 3. The highest BCUT2D eigenvalue weighted by Gasteiger charge is 2.16. The fraction of sp³-hybridized carbons (Fsp3) is 0.312. The van der Waals surface area contributed by atoms with E-state index < -0.39 is 0 Å². The van der Waals surface area contributed by atoms with E-state index in [1.807, 2.05) is 47.3 Å². The van der Waals surface area contributed by atoms with Crippen molar-refractivity contribution in [2.45, 2.75) is 26.8 Å². The largest absolute Gasteiger partial charge is 0.351 e. The molecule has 0 fully saturated rings. The van der Waals surface area contributed by atoms with Gasteiger partial charge in [-0.2, -0.15) is 0 Å². The second-order valence-corrected chi connectivity index (χ2v) is 5.34. The summed E-state index contributed by atoms with van der Waals surface area (Å²) in [5, 5.41) is 2.97. The molecular formula is C16H19N5O. The van der Waals surface area contributed by atoms with E-state index in [1.54, 1.807) is 12.5 Å². The van der Waals surface area contributed by atoms with Gasteiger partial charge in [-0.3, -0.25) is 9.20 Å². The van der Waals surface area contributed by atoms with Gasteiger partial charge in [0.2, 0.25) is 0 Å². The minimum absolute atomic E-state index is 0.0822. The van der Waals surface area contributed by atoms with E-state index in [0.717, 1.165) is 29.9 Å². The van der Waals surface area contributed by atoms with Crippen molar-refractivity contribution >= 4 is 11.6 Å². The van der Waals surface area contributed by atoms with Crippen LogP contribution in [0.15, 0.2) is 37.1 Å². The lowest BCUT2D eigenvalue weighted by Gasteiger charge is -2.07. The van der Waals surface area contributed by atoms with E-state index in [-0.39, 0.29) is 5.91 Å². The highest BCUT2D eigenvalue weighted by Crippen LogP contribution is 2.15. The molecule has 3 heterocycles. The molecule has 0 aliphatic heterocycles. The number of hydrogen-bond donors (Lipinski definition) is 1. The van der Waals surface area contributed by atoms with Crippen molar-refractivity contribution in [1.29, 1.82) is 0 Å². The lowest BCUT2D eigenvalue weighted by molar-refractivity contribution is 0.0946. The smallest absolute Gasteiger partial charge is 0.270 e. The molecule has 0 aliphatic rings. The lowest BCUT2D eigenvalue weighted by atomic mass is 10.3. The molecule has 3 rings (SSSR count). The molecule has 0 atom stereocenters. The van der Waals surface area contributed by atoms with Crippen molar-refractivity contribution in [2.24, 2.45) is 0 Å². The van der Waals surface area contributed by atoms with Gasteiger partial charge in [0.15, 0.2) is 0 Å². The SMILES string of the molecule is Cc1nc2c(C)cccn2c1C(=O)NCCCn1ccnc1. The quantitative estimate of drug-likeness (QED) is 0.732. The molecule has 0 unspecified atom stereocenters. The van der Waals surface area contributed by atoms with Crippen LogP contribution in [0.25, 0.3) is 5.65 Å². The van der Waals surface area contributed by atoms with Gasteiger partial charge in [-0.05, 0) is 31.9 Å². The zero-order valence-corrected chi connectivity index (χ0v) is 12.8. The highest BCUT2D eigenvalue weighted by atomic mass is 16.1. The Morgan fingerprint density at radius 1 is 1.32 bits per heavy atom. The van der Waals surface area contributed by atoms with Gasteiger partial charge in [0.05, 0.1) is 12.0 Å². The van der Waals surface area contributed by atoms with Gasteiger partial charge in [0, 0.05) is 31.7 Å². The molecule has 0 spiro atoms. The number of imidazole rings is 2. The van der Waals surface area contributed by atoms with Crippen molar-refractivity contribution in [3.05, 3.63) is 54.0 Å². The van der Waals surface area contributed by atoms with E-state index in [2.05, 4.69) is 15.3 Å². The first kappa shape index (κ1) is 14.3. The first-order valence-electron chi connectivity index (χ1n) is 7.35. The number of nitrogens with zero attached hydrogens (tertiary/aromatic N) is 4. The Morgan fingerprint density at radius 3 is 2.95 bits per heavy atom. The Balaban J connectivity index is 1.67. The Hall–Kier alpha value is -2.63. The van der Waals surface area contributed by atoms with Crippen LogP contribution in [0.3, 0.4) is 0 Å². The molecule has 0 aliphatic carbocycles. The van der Waals surface area contributed by atoms with Crippen molar-refractivity contribution in [2.75, 3.05) is 6.54 Å². The summed E-state index contributed by atoms with van der Waals surface area (Å²) < 4.78 is 3.85. The van der Waals surface area contributed by atoms with Gasteiger partial charge in [-0.25, -0.2) is 9.97 Å². The van der Waals surface area contributed by atoms with Gasteiger partial charge in [0.1, 0.15) is 11.3 Å². The predicted octanol–water partition coefficient (Wildman–Crippen LogP) is 1.97. The zero-order chi connectivity index (χ0) is 15.5. The number of pyridine rings is 1. The number of fused-ring (bicyclic) bond motifs is 1. The summed E-state index contributed by atoms with van der Waals surface area (Å²) in [5.41, 5.74) is 3.26. The summed E-state index contributed by atoms with van der Waals surface area (Å²) >= 11 is 0. The molecule has 1 amide bonds. The maximum Gasteiger partial charge on any atom is 0.270 e. The van der Waals surface area contributed by atoms with Gasteiger partial charge < -0.3 is 9.88 Å². The van der Waals surface area contributed by atoms with Crippen LogP contribution >= 0.6 is 0 Å². The van der Waals surface area contributed by atoms with Gasteiger partial charge >= 0.3 is 0 Å². The average Bonchev–Trinajstić information content (AvgIpc) is 3.11. The molecule has 0 radical (unpaired) electrons. The fourth-order valence-electron chi connectivity index (χ4n) is 2.56. The van der Waals surface area contributed by atoms with E-state index >= 15 is 0 Å². The molecule has 6 heteroatoms. The van der Waals surface area contributed by atoms with Crippen LogP contribution in [-0.2, 0) is 6.54 Å². The topological polar surface area (TPSA) is 64.2 Å². The summed E-state index contributed by atoms with van der Waals surface area (Å²) in [5.74, 6) is -0.0822. The lowest BCUT2D eigenvalue weighted by Crippen LogP contribution is -2.27. The van der Waals surface area contributed by atoms with Crippen molar-refractivity contribution in [1.82, 2.24) is 24.3 Å². The fourth-order valence-corrected chi connectivity index (χ4v) is 2.56. The second-order valence-electron chi connectivity index (χ2n) is 5.34. The van der Waals surface area contributed by atoms with Crippen LogP contribution in [0.1, 0.15) is 28.2 Å². The van der Waals surface area contributed by atoms with Crippen molar-refractivity contribution < 1.29 is 4.79 Å². The molecule has 1 N–H and O–H groups in total. The standard InChI is InChI=1S/C16H19N5O/c1-12-5-3-9-21-14(13(2)19-15(12)21)16(22)18-6-4-8-20-10-7-17-11-20/h3,5,7,9-11H,4,6,8H2,1-2H3,(H,18,22).